The molecule has 0 spiro atoms. The van der Waals surface area contributed by atoms with E-state index in [0.717, 1.165) is 5.56 Å². The first-order chi connectivity index (χ1) is 8.60. The second-order valence-electron chi connectivity index (χ2n) is 4.99. The third-order valence-electron chi connectivity index (χ3n) is 2.72. The first-order valence-corrected chi connectivity index (χ1v) is 7.28. The van der Waals surface area contributed by atoms with Crippen molar-refractivity contribution >= 4 is 16.0 Å². The molecule has 0 heterocycles. The van der Waals surface area contributed by atoms with Gasteiger partial charge in [-0.1, -0.05) is 12.1 Å². The molecule has 0 aliphatic carbocycles. The molecule has 0 radical (unpaired) electrons. The Morgan fingerprint density at radius 2 is 1.84 bits per heavy atom. The second-order valence-corrected chi connectivity index (χ2v) is 6.64. The summed E-state index contributed by atoms with van der Waals surface area (Å²) in [5.41, 5.74) is 0.143. The van der Waals surface area contributed by atoms with Gasteiger partial charge in [-0.05, 0) is 44.9 Å². The van der Waals surface area contributed by atoms with Gasteiger partial charge in [-0.15, -0.1) is 0 Å². The molecule has 0 amide bonds. The zero-order valence-corrected chi connectivity index (χ0v) is 12.6. The summed E-state index contributed by atoms with van der Waals surface area (Å²) in [5.74, 6) is -0.638. The number of carbonyl (C=O) groups is 1. The molecule has 0 saturated heterocycles. The van der Waals surface area contributed by atoms with Crippen LogP contribution >= 0.6 is 0 Å². The van der Waals surface area contributed by atoms with Crippen LogP contribution in [-0.4, -0.2) is 27.0 Å². The Morgan fingerprint density at radius 3 is 2.37 bits per heavy atom. The molecular weight excluding hydrogens is 266 g/mol. The molecule has 1 aromatic rings. The summed E-state index contributed by atoms with van der Waals surface area (Å²) in [5, 5.41) is 0. The third-order valence-corrected chi connectivity index (χ3v) is 4.52. The summed E-state index contributed by atoms with van der Waals surface area (Å²) in [6.07, 6.45) is 0. The van der Waals surface area contributed by atoms with Gasteiger partial charge >= 0.3 is 5.97 Å². The van der Waals surface area contributed by atoms with E-state index < -0.39 is 21.5 Å². The average molecular weight is 285 g/mol. The van der Waals surface area contributed by atoms with Crippen LogP contribution in [0.25, 0.3) is 0 Å². The Hall–Kier alpha value is -1.40. The lowest BCUT2D eigenvalue weighted by Crippen LogP contribution is -2.50. The highest BCUT2D eigenvalue weighted by Crippen LogP contribution is 2.19. The summed E-state index contributed by atoms with van der Waals surface area (Å²) < 4.78 is 31.6. The van der Waals surface area contributed by atoms with Crippen molar-refractivity contribution in [2.75, 3.05) is 7.11 Å². The standard InChI is InChI=1S/C13H19NO4S/c1-9-6-7-10(2)11(8-9)19(16,17)14-13(3,4)12(15)18-5/h6-8,14H,1-5H3. The Kier molecular flexibility index (Phi) is 4.37. The van der Waals surface area contributed by atoms with Crippen molar-refractivity contribution in [1.82, 2.24) is 4.72 Å². The predicted octanol–water partition coefficient (Wildman–Crippen LogP) is 1.53. The highest BCUT2D eigenvalue weighted by Gasteiger charge is 2.34. The third kappa shape index (κ3) is 3.54. The maximum atomic E-state index is 12.3. The molecule has 0 aromatic heterocycles. The number of rotatable bonds is 4. The van der Waals surface area contributed by atoms with E-state index in [9.17, 15) is 13.2 Å². The number of hydrogen-bond acceptors (Lipinski definition) is 4. The van der Waals surface area contributed by atoms with Crippen molar-refractivity contribution in [2.45, 2.75) is 38.1 Å². The van der Waals surface area contributed by atoms with Crippen LogP contribution in [0.3, 0.4) is 0 Å². The Bertz CT molecular complexity index is 591. The van der Waals surface area contributed by atoms with Crippen molar-refractivity contribution in [2.24, 2.45) is 0 Å². The van der Waals surface area contributed by atoms with Gasteiger partial charge in [-0.25, -0.2) is 8.42 Å². The number of methoxy groups -OCH3 is 1. The van der Waals surface area contributed by atoms with Gasteiger partial charge in [0.2, 0.25) is 10.0 Å². The van der Waals surface area contributed by atoms with E-state index in [1.165, 1.54) is 21.0 Å². The Labute approximate surface area is 114 Å². The van der Waals surface area contributed by atoms with Gasteiger partial charge in [0, 0.05) is 0 Å². The van der Waals surface area contributed by atoms with Gasteiger partial charge < -0.3 is 4.74 Å². The van der Waals surface area contributed by atoms with Crippen LogP contribution < -0.4 is 4.72 Å². The van der Waals surface area contributed by atoms with E-state index in [-0.39, 0.29) is 4.90 Å². The van der Waals surface area contributed by atoms with E-state index in [1.807, 2.05) is 13.0 Å². The molecule has 19 heavy (non-hydrogen) atoms. The van der Waals surface area contributed by atoms with E-state index in [0.29, 0.717) is 5.56 Å². The number of hydrogen-bond donors (Lipinski definition) is 1. The average Bonchev–Trinajstić information content (AvgIpc) is 2.29. The molecule has 0 saturated carbocycles. The summed E-state index contributed by atoms with van der Waals surface area (Å²) in [4.78, 5) is 11.7. The Morgan fingerprint density at radius 1 is 1.26 bits per heavy atom. The molecule has 0 aliphatic heterocycles. The first-order valence-electron chi connectivity index (χ1n) is 5.80. The van der Waals surface area contributed by atoms with Gasteiger partial charge in [0.25, 0.3) is 0 Å². The number of aryl methyl sites for hydroxylation is 2. The van der Waals surface area contributed by atoms with Crippen molar-refractivity contribution < 1.29 is 17.9 Å². The van der Waals surface area contributed by atoms with Crippen LogP contribution in [0.1, 0.15) is 25.0 Å². The number of benzene rings is 1. The van der Waals surface area contributed by atoms with Crippen LogP contribution in [0, 0.1) is 13.8 Å². The summed E-state index contributed by atoms with van der Waals surface area (Å²) >= 11 is 0. The van der Waals surface area contributed by atoms with E-state index >= 15 is 0 Å². The van der Waals surface area contributed by atoms with Crippen LogP contribution in [0.4, 0.5) is 0 Å². The minimum atomic E-state index is -3.78. The quantitative estimate of drug-likeness (QED) is 0.852. The predicted molar refractivity (Wildman–Crippen MR) is 72.3 cm³/mol. The van der Waals surface area contributed by atoms with Crippen LogP contribution in [0.5, 0.6) is 0 Å². The zero-order valence-electron chi connectivity index (χ0n) is 11.8. The monoisotopic (exact) mass is 285 g/mol. The Balaban J connectivity index is 3.19. The fourth-order valence-electron chi connectivity index (χ4n) is 1.68. The number of ether oxygens (including phenoxy) is 1. The van der Waals surface area contributed by atoms with E-state index in [1.54, 1.807) is 19.1 Å². The summed E-state index contributed by atoms with van der Waals surface area (Å²) in [6, 6.07) is 5.14. The molecule has 5 nitrogen and oxygen atoms in total. The summed E-state index contributed by atoms with van der Waals surface area (Å²) in [7, 11) is -2.56. The van der Waals surface area contributed by atoms with Crippen LogP contribution in [-0.2, 0) is 19.6 Å². The number of esters is 1. The minimum Gasteiger partial charge on any atom is -0.468 e. The lowest BCUT2D eigenvalue weighted by Gasteiger charge is -2.23. The second kappa shape index (κ2) is 5.30. The molecule has 0 unspecified atom stereocenters. The van der Waals surface area contributed by atoms with Gasteiger partial charge in [0.05, 0.1) is 12.0 Å². The lowest BCUT2D eigenvalue weighted by molar-refractivity contribution is -0.146. The molecule has 0 atom stereocenters. The molecule has 1 rings (SSSR count). The number of nitrogens with one attached hydrogen (secondary N) is 1. The van der Waals surface area contributed by atoms with Crippen molar-refractivity contribution in [3.63, 3.8) is 0 Å². The lowest BCUT2D eigenvalue weighted by atomic mass is 10.1. The minimum absolute atomic E-state index is 0.171. The van der Waals surface area contributed by atoms with Gasteiger partial charge in [0.15, 0.2) is 0 Å². The van der Waals surface area contributed by atoms with Gasteiger partial charge in [-0.2, -0.15) is 4.72 Å². The van der Waals surface area contributed by atoms with E-state index in [2.05, 4.69) is 9.46 Å². The van der Waals surface area contributed by atoms with Gasteiger partial charge in [0.1, 0.15) is 5.54 Å². The summed E-state index contributed by atoms with van der Waals surface area (Å²) in [6.45, 7) is 6.44. The van der Waals surface area contributed by atoms with Crippen molar-refractivity contribution in [3.05, 3.63) is 29.3 Å². The SMILES string of the molecule is COC(=O)C(C)(C)NS(=O)(=O)c1cc(C)ccc1C. The highest BCUT2D eigenvalue weighted by atomic mass is 32.2. The molecule has 0 fully saturated rings. The van der Waals surface area contributed by atoms with Crippen molar-refractivity contribution in [1.29, 1.82) is 0 Å². The largest absolute Gasteiger partial charge is 0.468 e. The molecule has 6 heteroatoms. The molecular formula is C13H19NO4S. The van der Waals surface area contributed by atoms with Crippen molar-refractivity contribution in [3.8, 4) is 0 Å². The van der Waals surface area contributed by atoms with Gasteiger partial charge in [-0.3, -0.25) is 4.79 Å². The normalized spacial score (nSPS) is 12.3. The maximum absolute atomic E-state index is 12.3. The highest BCUT2D eigenvalue weighted by molar-refractivity contribution is 7.89. The van der Waals surface area contributed by atoms with E-state index in [4.69, 9.17) is 0 Å². The first kappa shape index (κ1) is 15.7. The topological polar surface area (TPSA) is 72.5 Å². The van der Waals surface area contributed by atoms with Crippen LogP contribution in [0.15, 0.2) is 23.1 Å². The molecule has 106 valence electrons. The molecule has 1 N–H and O–H groups in total. The zero-order chi connectivity index (χ0) is 14.8. The molecule has 0 bridgehead atoms. The smallest absolute Gasteiger partial charge is 0.326 e. The molecule has 1 aromatic carbocycles. The molecule has 0 aliphatic rings. The number of carbonyl (C=O) groups excluding carboxylic acids is 1. The number of sulfonamides is 1. The maximum Gasteiger partial charge on any atom is 0.326 e. The fourth-order valence-corrected chi connectivity index (χ4v) is 3.38. The van der Waals surface area contributed by atoms with Crippen LogP contribution in [0.2, 0.25) is 0 Å². The fraction of sp³-hybridized carbons (Fsp3) is 0.462.